The zero-order valence-corrected chi connectivity index (χ0v) is 13.9. The van der Waals surface area contributed by atoms with Gasteiger partial charge in [-0.25, -0.2) is 13.2 Å². The van der Waals surface area contributed by atoms with Crippen LogP contribution in [0, 0.1) is 6.92 Å². The number of rotatable bonds is 4. The van der Waals surface area contributed by atoms with Crippen molar-refractivity contribution in [3.63, 3.8) is 0 Å². The summed E-state index contributed by atoms with van der Waals surface area (Å²) in [6, 6.07) is 12.0. The lowest BCUT2D eigenvalue weighted by atomic mass is 10.2. The first-order valence-electron chi connectivity index (χ1n) is 7.27. The molecule has 7 nitrogen and oxygen atoms in total. The maximum Gasteiger partial charge on any atom is 0.341 e. The van der Waals surface area contributed by atoms with Crippen LogP contribution in [0.4, 0.5) is 5.69 Å². The average molecular weight is 358 g/mol. The molecule has 0 atom stereocenters. The van der Waals surface area contributed by atoms with Gasteiger partial charge in [0.15, 0.2) is 0 Å². The van der Waals surface area contributed by atoms with E-state index in [2.05, 4.69) is 4.72 Å². The molecule has 0 unspecified atom stereocenters. The Morgan fingerprint density at radius 1 is 1.12 bits per heavy atom. The number of aromatic nitrogens is 1. The Balaban J connectivity index is 2.18. The smallest absolute Gasteiger partial charge is 0.341 e. The molecule has 2 aromatic heterocycles. The molecule has 0 bridgehead atoms. The molecule has 1 aromatic carbocycles. The second-order valence-electron chi connectivity index (χ2n) is 5.46. The van der Waals surface area contributed by atoms with Crippen LogP contribution in [-0.4, -0.2) is 23.9 Å². The van der Waals surface area contributed by atoms with Crippen molar-refractivity contribution in [1.82, 2.24) is 4.40 Å². The van der Waals surface area contributed by atoms with Crippen LogP contribution in [0.3, 0.4) is 0 Å². The second kappa shape index (κ2) is 6.06. The third kappa shape index (κ3) is 3.11. The molecule has 0 spiro atoms. The molecule has 0 aliphatic carbocycles. The molecule has 3 rings (SSSR count). The van der Waals surface area contributed by atoms with Crippen molar-refractivity contribution in [3.05, 3.63) is 76.2 Å². The van der Waals surface area contributed by atoms with Crippen molar-refractivity contribution in [2.45, 2.75) is 11.8 Å². The monoisotopic (exact) mass is 358 g/mol. The van der Waals surface area contributed by atoms with Gasteiger partial charge in [-0.2, -0.15) is 0 Å². The fourth-order valence-electron chi connectivity index (χ4n) is 2.41. The van der Waals surface area contributed by atoms with E-state index in [4.69, 9.17) is 0 Å². The highest BCUT2D eigenvalue weighted by Gasteiger charge is 2.19. The number of hydrogen-bond donors (Lipinski definition) is 2. The first-order valence-corrected chi connectivity index (χ1v) is 8.75. The molecule has 2 heterocycles. The first kappa shape index (κ1) is 16.7. The van der Waals surface area contributed by atoms with Crippen LogP contribution in [0.2, 0.25) is 0 Å². The van der Waals surface area contributed by atoms with E-state index in [1.807, 2.05) is 6.92 Å². The van der Waals surface area contributed by atoms with E-state index in [1.54, 1.807) is 24.3 Å². The fourth-order valence-corrected chi connectivity index (χ4v) is 3.47. The second-order valence-corrected chi connectivity index (χ2v) is 7.14. The molecule has 2 N–H and O–H groups in total. The topological polar surface area (TPSA) is 105 Å². The number of benzene rings is 1. The van der Waals surface area contributed by atoms with Crippen molar-refractivity contribution in [2.75, 3.05) is 4.72 Å². The van der Waals surface area contributed by atoms with E-state index in [0.29, 0.717) is 0 Å². The summed E-state index contributed by atoms with van der Waals surface area (Å²) in [5.74, 6) is -1.43. The van der Waals surface area contributed by atoms with Gasteiger partial charge in [-0.3, -0.25) is 13.9 Å². The number of carbonyl (C=O) groups is 1. The van der Waals surface area contributed by atoms with Crippen LogP contribution < -0.4 is 10.3 Å². The molecule has 0 aliphatic rings. The summed E-state index contributed by atoms with van der Waals surface area (Å²) in [4.78, 5) is 23.5. The van der Waals surface area contributed by atoms with Gasteiger partial charge in [0, 0.05) is 6.20 Å². The first-order chi connectivity index (χ1) is 11.8. The maximum atomic E-state index is 12.6. The van der Waals surface area contributed by atoms with Crippen molar-refractivity contribution in [1.29, 1.82) is 0 Å². The molecule has 128 valence electrons. The molecule has 3 aromatic rings. The van der Waals surface area contributed by atoms with E-state index in [1.165, 1.54) is 24.4 Å². The van der Waals surface area contributed by atoms with Crippen molar-refractivity contribution >= 4 is 27.2 Å². The van der Waals surface area contributed by atoms with Crippen LogP contribution in [-0.2, 0) is 10.0 Å². The quantitative estimate of drug-likeness (QED) is 0.743. The molecule has 0 radical (unpaired) electrons. The Hall–Kier alpha value is -3.13. The van der Waals surface area contributed by atoms with Crippen LogP contribution in [0.5, 0.6) is 0 Å². The predicted molar refractivity (Wildman–Crippen MR) is 92.6 cm³/mol. The molecular formula is C17H14N2O5S. The summed E-state index contributed by atoms with van der Waals surface area (Å²) in [5.41, 5.74) is -0.0816. The van der Waals surface area contributed by atoms with E-state index < -0.39 is 27.1 Å². The summed E-state index contributed by atoms with van der Waals surface area (Å²) >= 11 is 0. The number of pyridine rings is 2. The molecule has 8 heteroatoms. The summed E-state index contributed by atoms with van der Waals surface area (Å²) < 4.78 is 28.6. The minimum absolute atomic E-state index is 0.0122. The van der Waals surface area contributed by atoms with E-state index in [0.717, 1.165) is 16.0 Å². The number of nitrogens with one attached hydrogen (secondary N) is 1. The predicted octanol–water partition coefficient (Wildman–Crippen LogP) is 2.11. The highest BCUT2D eigenvalue weighted by molar-refractivity contribution is 7.92. The average Bonchev–Trinajstić information content (AvgIpc) is 2.57. The van der Waals surface area contributed by atoms with Gasteiger partial charge in [0.25, 0.3) is 15.6 Å². The summed E-state index contributed by atoms with van der Waals surface area (Å²) in [6.45, 7) is 1.83. The minimum atomic E-state index is -3.94. The molecule has 0 aliphatic heterocycles. The third-order valence-electron chi connectivity index (χ3n) is 3.68. The van der Waals surface area contributed by atoms with Crippen LogP contribution in [0.25, 0.3) is 5.52 Å². The number of aryl methyl sites for hydroxylation is 1. The number of carboxylic acid groups (broad SMARTS) is 1. The van der Waals surface area contributed by atoms with Crippen molar-refractivity contribution in [2.24, 2.45) is 0 Å². The number of anilines is 1. The summed E-state index contributed by atoms with van der Waals surface area (Å²) in [7, 11) is -3.94. The van der Waals surface area contributed by atoms with E-state index in [-0.39, 0.29) is 16.1 Å². The number of sulfonamides is 1. The van der Waals surface area contributed by atoms with Gasteiger partial charge in [-0.15, -0.1) is 0 Å². The lowest BCUT2D eigenvalue weighted by molar-refractivity contribution is 0.0695. The largest absolute Gasteiger partial charge is 0.477 e. The van der Waals surface area contributed by atoms with Gasteiger partial charge in [-0.1, -0.05) is 23.8 Å². The molecule has 0 amide bonds. The lowest BCUT2D eigenvalue weighted by Gasteiger charge is -2.12. The molecule has 0 fully saturated rings. The zero-order chi connectivity index (χ0) is 18.2. The number of nitrogens with zero attached hydrogens (tertiary/aromatic N) is 1. The zero-order valence-electron chi connectivity index (χ0n) is 13.1. The molecule has 0 saturated heterocycles. The van der Waals surface area contributed by atoms with Gasteiger partial charge in [0.1, 0.15) is 5.56 Å². The van der Waals surface area contributed by atoms with Gasteiger partial charge < -0.3 is 5.11 Å². The van der Waals surface area contributed by atoms with Gasteiger partial charge in [0.2, 0.25) is 0 Å². The van der Waals surface area contributed by atoms with E-state index >= 15 is 0 Å². The van der Waals surface area contributed by atoms with Crippen molar-refractivity contribution < 1.29 is 18.3 Å². The normalized spacial score (nSPS) is 11.4. The number of hydrogen-bond acceptors (Lipinski definition) is 4. The molecular weight excluding hydrogens is 344 g/mol. The Kier molecular flexibility index (Phi) is 4.05. The minimum Gasteiger partial charge on any atom is -0.477 e. The van der Waals surface area contributed by atoms with Crippen LogP contribution >= 0.6 is 0 Å². The lowest BCUT2D eigenvalue weighted by Crippen LogP contribution is -2.24. The van der Waals surface area contributed by atoms with Gasteiger partial charge in [-0.05, 0) is 37.3 Å². The molecule has 0 saturated carbocycles. The fraction of sp³-hybridized carbons (Fsp3) is 0.0588. The Morgan fingerprint density at radius 3 is 2.44 bits per heavy atom. The van der Waals surface area contributed by atoms with Crippen molar-refractivity contribution in [3.8, 4) is 0 Å². The summed E-state index contributed by atoms with van der Waals surface area (Å²) in [5, 5.41) is 9.20. The standard InChI is InChI=1S/C17H14N2O5S/c1-11-5-7-12(8-6-11)25(23,24)18-14-10-13(17(21)22)16(20)19-9-3-2-4-15(14)19/h2-10,18H,1H3,(H,21,22). The van der Waals surface area contributed by atoms with Gasteiger partial charge in [0.05, 0.1) is 16.1 Å². The highest BCUT2D eigenvalue weighted by Crippen LogP contribution is 2.21. The Labute approximate surface area is 143 Å². The van der Waals surface area contributed by atoms with Crippen LogP contribution in [0.15, 0.2) is 64.4 Å². The van der Waals surface area contributed by atoms with Gasteiger partial charge >= 0.3 is 5.97 Å². The maximum absolute atomic E-state index is 12.6. The SMILES string of the molecule is Cc1ccc(S(=O)(=O)Nc2cc(C(=O)O)c(=O)n3ccccc23)cc1. The highest BCUT2D eigenvalue weighted by atomic mass is 32.2. The number of fused-ring (bicyclic) bond motifs is 1. The molecule has 25 heavy (non-hydrogen) atoms. The third-order valence-corrected chi connectivity index (χ3v) is 5.06. The Morgan fingerprint density at radius 2 is 1.80 bits per heavy atom. The van der Waals surface area contributed by atoms with E-state index in [9.17, 15) is 23.1 Å². The van der Waals surface area contributed by atoms with Crippen LogP contribution in [0.1, 0.15) is 15.9 Å². The number of aromatic carboxylic acids is 1. The summed E-state index contributed by atoms with van der Waals surface area (Å²) in [6.07, 6.45) is 1.38. The number of carboxylic acids is 1. The Bertz CT molecular complexity index is 1130.